The molecule has 1 atom stereocenters. The van der Waals surface area contributed by atoms with Crippen LogP contribution in [0, 0.1) is 6.92 Å². The molecule has 2 aromatic heterocycles. The molecule has 102 valence electrons. The summed E-state index contributed by atoms with van der Waals surface area (Å²) < 4.78 is 6.16. The van der Waals surface area contributed by atoms with E-state index in [1.807, 2.05) is 13.0 Å². The molecule has 6 heteroatoms. The first kappa shape index (κ1) is 13.1. The third kappa shape index (κ3) is 3.16. The lowest BCUT2D eigenvalue weighted by atomic mass is 9.98. The Bertz CT molecular complexity index is 554. The van der Waals surface area contributed by atoms with E-state index < -0.39 is 0 Å². The van der Waals surface area contributed by atoms with E-state index in [1.165, 1.54) is 11.3 Å². The average Bonchev–Trinajstić information content (AvgIpc) is 2.99. The Morgan fingerprint density at radius 3 is 3.11 bits per heavy atom. The smallest absolute Gasteiger partial charge is 0.231 e. The van der Waals surface area contributed by atoms with Crippen LogP contribution in [0.2, 0.25) is 4.34 Å². The van der Waals surface area contributed by atoms with Crippen LogP contribution in [0.25, 0.3) is 0 Å². The minimum atomic E-state index is 0.366. The lowest BCUT2D eigenvalue weighted by Crippen LogP contribution is -2.33. The number of hydrogen-bond donors (Lipinski definition) is 0. The Balaban J connectivity index is 1.64. The molecule has 1 fully saturated rings. The first-order chi connectivity index (χ1) is 9.20. The van der Waals surface area contributed by atoms with Gasteiger partial charge in [-0.05, 0) is 38.4 Å². The fourth-order valence-corrected chi connectivity index (χ4v) is 3.67. The zero-order chi connectivity index (χ0) is 13.2. The number of piperidine rings is 1. The number of aromatic nitrogens is 2. The van der Waals surface area contributed by atoms with Crippen LogP contribution in [0.3, 0.4) is 0 Å². The summed E-state index contributed by atoms with van der Waals surface area (Å²) >= 11 is 7.63. The van der Waals surface area contributed by atoms with Gasteiger partial charge in [0.2, 0.25) is 5.89 Å². The van der Waals surface area contributed by atoms with Gasteiger partial charge < -0.3 is 4.52 Å². The van der Waals surface area contributed by atoms with Crippen molar-refractivity contribution in [2.24, 2.45) is 0 Å². The molecule has 0 aromatic carbocycles. The SMILES string of the molecule is Cc1noc(C2CCCN(Cc3ccc(Cl)s3)C2)n1. The minimum absolute atomic E-state index is 0.366. The van der Waals surface area contributed by atoms with Gasteiger partial charge in [-0.2, -0.15) is 4.98 Å². The maximum Gasteiger partial charge on any atom is 0.231 e. The van der Waals surface area contributed by atoms with Crippen LogP contribution >= 0.6 is 22.9 Å². The molecular formula is C13H16ClN3OS. The van der Waals surface area contributed by atoms with Crippen molar-refractivity contribution in [1.29, 1.82) is 0 Å². The van der Waals surface area contributed by atoms with Crippen molar-refractivity contribution in [3.63, 3.8) is 0 Å². The normalized spacial score (nSPS) is 20.8. The quantitative estimate of drug-likeness (QED) is 0.870. The van der Waals surface area contributed by atoms with Crippen LogP contribution in [-0.2, 0) is 6.54 Å². The van der Waals surface area contributed by atoms with Gasteiger partial charge in [0.1, 0.15) is 0 Å². The zero-order valence-electron chi connectivity index (χ0n) is 10.8. The molecule has 1 unspecified atom stereocenters. The molecule has 1 saturated heterocycles. The molecule has 2 aromatic rings. The summed E-state index contributed by atoms with van der Waals surface area (Å²) in [7, 11) is 0. The molecule has 0 saturated carbocycles. The molecule has 19 heavy (non-hydrogen) atoms. The van der Waals surface area contributed by atoms with E-state index in [0.29, 0.717) is 5.92 Å². The van der Waals surface area contributed by atoms with E-state index in [0.717, 1.165) is 42.1 Å². The maximum atomic E-state index is 5.97. The van der Waals surface area contributed by atoms with Gasteiger partial charge in [0, 0.05) is 18.0 Å². The highest BCUT2D eigenvalue weighted by atomic mass is 35.5. The van der Waals surface area contributed by atoms with Crippen LogP contribution in [0.15, 0.2) is 16.7 Å². The van der Waals surface area contributed by atoms with Gasteiger partial charge in [-0.15, -0.1) is 11.3 Å². The Hall–Kier alpha value is -0.910. The second-order valence-corrected chi connectivity index (χ2v) is 6.76. The molecule has 0 spiro atoms. The number of aryl methyl sites for hydroxylation is 1. The number of likely N-dealkylation sites (tertiary alicyclic amines) is 1. The van der Waals surface area contributed by atoms with Crippen molar-refractivity contribution >= 4 is 22.9 Å². The summed E-state index contributed by atoms with van der Waals surface area (Å²) in [4.78, 5) is 8.11. The molecule has 0 amide bonds. The van der Waals surface area contributed by atoms with Crippen molar-refractivity contribution in [2.75, 3.05) is 13.1 Å². The second kappa shape index (κ2) is 5.61. The monoisotopic (exact) mass is 297 g/mol. The topological polar surface area (TPSA) is 42.2 Å². The Morgan fingerprint density at radius 2 is 2.42 bits per heavy atom. The highest BCUT2D eigenvalue weighted by molar-refractivity contribution is 7.16. The summed E-state index contributed by atoms with van der Waals surface area (Å²) in [6.07, 6.45) is 2.30. The van der Waals surface area contributed by atoms with Gasteiger partial charge in [-0.1, -0.05) is 16.8 Å². The zero-order valence-corrected chi connectivity index (χ0v) is 12.4. The fourth-order valence-electron chi connectivity index (χ4n) is 2.54. The molecule has 3 heterocycles. The van der Waals surface area contributed by atoms with E-state index in [9.17, 15) is 0 Å². The van der Waals surface area contributed by atoms with Crippen LogP contribution < -0.4 is 0 Å². The highest BCUT2D eigenvalue weighted by Crippen LogP contribution is 2.28. The molecule has 0 N–H and O–H groups in total. The maximum absolute atomic E-state index is 5.97. The highest BCUT2D eigenvalue weighted by Gasteiger charge is 2.25. The average molecular weight is 298 g/mol. The van der Waals surface area contributed by atoms with Crippen molar-refractivity contribution in [2.45, 2.75) is 32.2 Å². The van der Waals surface area contributed by atoms with Crippen LogP contribution in [0.1, 0.15) is 35.4 Å². The van der Waals surface area contributed by atoms with E-state index in [2.05, 4.69) is 21.1 Å². The molecule has 1 aliphatic heterocycles. The van der Waals surface area contributed by atoms with E-state index in [-0.39, 0.29) is 0 Å². The lowest BCUT2D eigenvalue weighted by Gasteiger charge is -2.30. The standard InChI is InChI=1S/C13H16ClN3OS/c1-9-15-13(18-16-9)10-3-2-6-17(7-10)8-11-4-5-12(14)19-11/h4-5,10H,2-3,6-8H2,1H3. The first-order valence-electron chi connectivity index (χ1n) is 6.47. The Morgan fingerprint density at radius 1 is 1.53 bits per heavy atom. The van der Waals surface area contributed by atoms with Gasteiger partial charge in [0.25, 0.3) is 0 Å². The molecule has 3 rings (SSSR count). The van der Waals surface area contributed by atoms with Gasteiger partial charge in [-0.25, -0.2) is 0 Å². The number of thiophene rings is 1. The molecular weight excluding hydrogens is 282 g/mol. The third-order valence-electron chi connectivity index (χ3n) is 3.41. The predicted molar refractivity (Wildman–Crippen MR) is 75.6 cm³/mol. The van der Waals surface area contributed by atoms with Gasteiger partial charge in [-0.3, -0.25) is 4.90 Å². The van der Waals surface area contributed by atoms with Gasteiger partial charge in [0.05, 0.1) is 10.3 Å². The largest absolute Gasteiger partial charge is 0.339 e. The minimum Gasteiger partial charge on any atom is -0.339 e. The fraction of sp³-hybridized carbons (Fsp3) is 0.538. The van der Waals surface area contributed by atoms with Crippen molar-refractivity contribution in [3.8, 4) is 0 Å². The molecule has 4 nitrogen and oxygen atoms in total. The van der Waals surface area contributed by atoms with Crippen molar-refractivity contribution in [1.82, 2.24) is 15.0 Å². The van der Waals surface area contributed by atoms with E-state index in [1.54, 1.807) is 11.3 Å². The van der Waals surface area contributed by atoms with E-state index in [4.69, 9.17) is 16.1 Å². The molecule has 1 aliphatic rings. The summed E-state index contributed by atoms with van der Waals surface area (Å²) in [6.45, 7) is 4.93. The van der Waals surface area contributed by atoms with E-state index >= 15 is 0 Å². The van der Waals surface area contributed by atoms with Gasteiger partial charge in [0.15, 0.2) is 5.82 Å². The summed E-state index contributed by atoms with van der Waals surface area (Å²) in [6, 6.07) is 4.07. The Kier molecular flexibility index (Phi) is 3.86. The number of nitrogens with zero attached hydrogens (tertiary/aromatic N) is 3. The van der Waals surface area contributed by atoms with Crippen molar-refractivity contribution < 1.29 is 4.52 Å². The molecule has 0 radical (unpaired) electrons. The molecule has 0 aliphatic carbocycles. The first-order valence-corrected chi connectivity index (χ1v) is 7.67. The third-order valence-corrected chi connectivity index (χ3v) is 4.62. The van der Waals surface area contributed by atoms with Crippen molar-refractivity contribution in [3.05, 3.63) is 33.1 Å². The number of rotatable bonds is 3. The Labute approximate surface area is 121 Å². The summed E-state index contributed by atoms with van der Waals surface area (Å²) in [5.74, 6) is 1.87. The van der Waals surface area contributed by atoms with Crippen LogP contribution in [-0.4, -0.2) is 28.1 Å². The molecule has 0 bridgehead atoms. The van der Waals surface area contributed by atoms with Crippen LogP contribution in [0.5, 0.6) is 0 Å². The lowest BCUT2D eigenvalue weighted by molar-refractivity contribution is 0.181. The predicted octanol–water partition coefficient (Wildman–Crippen LogP) is 3.47. The second-order valence-electron chi connectivity index (χ2n) is 4.96. The number of hydrogen-bond acceptors (Lipinski definition) is 5. The number of halogens is 1. The van der Waals surface area contributed by atoms with Crippen LogP contribution in [0.4, 0.5) is 0 Å². The summed E-state index contributed by atoms with van der Waals surface area (Å²) in [5.41, 5.74) is 0. The van der Waals surface area contributed by atoms with Gasteiger partial charge >= 0.3 is 0 Å². The summed E-state index contributed by atoms with van der Waals surface area (Å²) in [5, 5.41) is 3.88.